The first-order valence-corrected chi connectivity index (χ1v) is 8.83. The Bertz CT molecular complexity index is 806. The fraction of sp³-hybridized carbons (Fsp3) is 0.300. The number of benzene rings is 2. The van der Waals surface area contributed by atoms with Crippen LogP contribution in [0.2, 0.25) is 5.02 Å². The Morgan fingerprint density at radius 2 is 2.04 bits per heavy atom. The molecule has 5 nitrogen and oxygen atoms in total. The molecular weight excluding hydrogens is 354 g/mol. The molecule has 0 aliphatic carbocycles. The third-order valence-corrected chi connectivity index (χ3v) is 4.81. The van der Waals surface area contributed by atoms with Gasteiger partial charge in [0.25, 0.3) is 0 Å². The summed E-state index contributed by atoms with van der Waals surface area (Å²) >= 11 is 5.90. The fourth-order valence-corrected chi connectivity index (χ4v) is 3.12. The van der Waals surface area contributed by atoms with Crippen molar-refractivity contribution in [3.63, 3.8) is 0 Å². The van der Waals surface area contributed by atoms with Gasteiger partial charge in [-0.3, -0.25) is 9.59 Å². The van der Waals surface area contributed by atoms with Crippen LogP contribution in [0, 0.1) is 5.92 Å². The first kappa shape index (κ1) is 18.3. The van der Waals surface area contributed by atoms with Gasteiger partial charge in [-0.05, 0) is 48.9 Å². The van der Waals surface area contributed by atoms with Gasteiger partial charge in [-0.15, -0.1) is 0 Å². The predicted molar refractivity (Wildman–Crippen MR) is 99.9 cm³/mol. The molecule has 1 N–H and O–H groups in total. The van der Waals surface area contributed by atoms with Gasteiger partial charge in [0.2, 0.25) is 5.91 Å². The number of halogens is 1. The lowest BCUT2D eigenvalue weighted by Crippen LogP contribution is -2.25. The number of carbonyl (C=O) groups excluding carboxylic acids is 1. The number of rotatable bonds is 6. The molecule has 0 spiro atoms. The van der Waals surface area contributed by atoms with E-state index >= 15 is 0 Å². The van der Waals surface area contributed by atoms with Crippen molar-refractivity contribution in [1.82, 2.24) is 0 Å². The van der Waals surface area contributed by atoms with E-state index in [1.54, 1.807) is 48.2 Å². The molecule has 2 aromatic carbocycles. The molecule has 1 saturated heterocycles. The van der Waals surface area contributed by atoms with Crippen LogP contribution in [0.3, 0.4) is 0 Å². The van der Waals surface area contributed by atoms with Crippen LogP contribution >= 0.6 is 11.6 Å². The summed E-state index contributed by atoms with van der Waals surface area (Å²) in [5, 5.41) is 9.76. The van der Waals surface area contributed by atoms with E-state index in [1.165, 1.54) is 0 Å². The molecule has 1 heterocycles. The van der Waals surface area contributed by atoms with Gasteiger partial charge in [0.15, 0.2) is 0 Å². The van der Waals surface area contributed by atoms with E-state index in [0.29, 0.717) is 35.9 Å². The van der Waals surface area contributed by atoms with Crippen LogP contribution in [0.15, 0.2) is 48.5 Å². The highest BCUT2D eigenvalue weighted by Gasteiger charge is 2.31. The minimum atomic E-state index is -0.873. The third-order valence-electron chi connectivity index (χ3n) is 4.56. The first-order valence-electron chi connectivity index (χ1n) is 8.45. The number of carboxylic acids is 1. The second-order valence-corrected chi connectivity index (χ2v) is 6.93. The molecule has 1 amide bonds. The lowest BCUT2D eigenvalue weighted by Gasteiger charge is -2.17. The van der Waals surface area contributed by atoms with Crippen molar-refractivity contribution in [2.45, 2.75) is 19.3 Å². The minimum absolute atomic E-state index is 0.0640. The normalized spacial score (nSPS) is 18.0. The lowest BCUT2D eigenvalue weighted by atomic mass is 10.0. The molecular formula is C20H20ClNO4. The number of ether oxygens (including phenoxy) is 1. The molecule has 0 bridgehead atoms. The topological polar surface area (TPSA) is 66.8 Å². The quantitative estimate of drug-likeness (QED) is 0.832. The van der Waals surface area contributed by atoms with E-state index in [2.05, 4.69) is 0 Å². The van der Waals surface area contributed by atoms with Gasteiger partial charge in [0, 0.05) is 29.6 Å². The van der Waals surface area contributed by atoms with Crippen LogP contribution in [0.25, 0.3) is 0 Å². The maximum absolute atomic E-state index is 12.3. The smallest absolute Gasteiger partial charge is 0.310 e. The summed E-state index contributed by atoms with van der Waals surface area (Å²) in [7, 11) is 0. The van der Waals surface area contributed by atoms with Crippen molar-refractivity contribution >= 4 is 29.2 Å². The Kier molecular flexibility index (Phi) is 5.47. The van der Waals surface area contributed by atoms with E-state index in [9.17, 15) is 9.59 Å². The SMILES string of the molecule is CC(C(=O)O)c1cccc(OCC2CC(=O)N(c3ccc(Cl)cc3)C2)c1. The molecule has 2 atom stereocenters. The second kappa shape index (κ2) is 7.79. The molecule has 1 fully saturated rings. The Balaban J connectivity index is 1.61. The van der Waals surface area contributed by atoms with E-state index in [0.717, 1.165) is 5.69 Å². The Morgan fingerprint density at radius 3 is 2.73 bits per heavy atom. The number of carbonyl (C=O) groups is 2. The molecule has 2 unspecified atom stereocenters. The van der Waals surface area contributed by atoms with Gasteiger partial charge in [-0.2, -0.15) is 0 Å². The summed E-state index contributed by atoms with van der Waals surface area (Å²) in [6.07, 6.45) is 0.424. The van der Waals surface area contributed by atoms with E-state index in [4.69, 9.17) is 21.4 Å². The summed E-state index contributed by atoms with van der Waals surface area (Å²) in [4.78, 5) is 25.1. The summed E-state index contributed by atoms with van der Waals surface area (Å²) in [6.45, 7) is 2.63. The number of nitrogens with zero attached hydrogens (tertiary/aromatic N) is 1. The zero-order valence-electron chi connectivity index (χ0n) is 14.4. The average Bonchev–Trinajstić information content (AvgIpc) is 3.01. The molecule has 3 rings (SSSR count). The van der Waals surface area contributed by atoms with E-state index in [1.807, 2.05) is 12.1 Å². The summed E-state index contributed by atoms with van der Waals surface area (Å²) < 4.78 is 5.82. The molecule has 136 valence electrons. The van der Waals surface area contributed by atoms with Crippen molar-refractivity contribution < 1.29 is 19.4 Å². The van der Waals surface area contributed by atoms with Crippen molar-refractivity contribution in [2.75, 3.05) is 18.1 Å². The average molecular weight is 374 g/mol. The van der Waals surface area contributed by atoms with E-state index in [-0.39, 0.29) is 11.8 Å². The zero-order chi connectivity index (χ0) is 18.7. The predicted octanol–water partition coefficient (Wildman–Crippen LogP) is 3.96. The summed E-state index contributed by atoms with van der Waals surface area (Å²) in [6, 6.07) is 14.3. The monoisotopic (exact) mass is 373 g/mol. The van der Waals surface area contributed by atoms with Crippen LogP contribution < -0.4 is 9.64 Å². The van der Waals surface area contributed by atoms with Crippen LogP contribution in [0.4, 0.5) is 5.69 Å². The minimum Gasteiger partial charge on any atom is -0.493 e. The molecule has 6 heteroatoms. The van der Waals surface area contributed by atoms with Crippen molar-refractivity contribution in [1.29, 1.82) is 0 Å². The molecule has 26 heavy (non-hydrogen) atoms. The van der Waals surface area contributed by atoms with Crippen LogP contribution in [-0.2, 0) is 9.59 Å². The standard InChI is InChI=1S/C20H20ClNO4/c1-13(20(24)25)15-3-2-4-18(10-15)26-12-14-9-19(23)22(11-14)17-7-5-16(21)6-8-17/h2-8,10,13-14H,9,11-12H2,1H3,(H,24,25). The van der Waals surface area contributed by atoms with E-state index < -0.39 is 11.9 Å². The van der Waals surface area contributed by atoms with Crippen molar-refractivity contribution in [3.8, 4) is 5.75 Å². The maximum Gasteiger partial charge on any atom is 0.310 e. The molecule has 2 aromatic rings. The van der Waals surface area contributed by atoms with Gasteiger partial charge in [-0.1, -0.05) is 23.7 Å². The maximum atomic E-state index is 12.3. The Morgan fingerprint density at radius 1 is 1.31 bits per heavy atom. The molecule has 1 aliphatic rings. The largest absolute Gasteiger partial charge is 0.493 e. The van der Waals surface area contributed by atoms with Crippen LogP contribution in [0.5, 0.6) is 5.75 Å². The molecule has 0 aromatic heterocycles. The summed E-state index contributed by atoms with van der Waals surface area (Å²) in [5.41, 5.74) is 1.53. The summed E-state index contributed by atoms with van der Waals surface area (Å²) in [5.74, 6) is -0.699. The number of hydrogen-bond acceptors (Lipinski definition) is 3. The van der Waals surface area contributed by atoms with Gasteiger partial charge in [0.1, 0.15) is 5.75 Å². The van der Waals surface area contributed by atoms with Gasteiger partial charge in [0.05, 0.1) is 12.5 Å². The highest BCUT2D eigenvalue weighted by Crippen LogP contribution is 2.27. The highest BCUT2D eigenvalue weighted by molar-refractivity contribution is 6.30. The van der Waals surface area contributed by atoms with Crippen molar-refractivity contribution in [3.05, 3.63) is 59.1 Å². The van der Waals surface area contributed by atoms with Gasteiger partial charge >= 0.3 is 5.97 Å². The number of hydrogen-bond donors (Lipinski definition) is 1. The van der Waals surface area contributed by atoms with Gasteiger partial charge in [-0.25, -0.2) is 0 Å². The Hall–Kier alpha value is -2.53. The molecule has 0 radical (unpaired) electrons. The third kappa shape index (κ3) is 4.17. The van der Waals surface area contributed by atoms with Crippen LogP contribution in [0.1, 0.15) is 24.8 Å². The van der Waals surface area contributed by atoms with Gasteiger partial charge < -0.3 is 14.7 Å². The second-order valence-electron chi connectivity index (χ2n) is 6.49. The Labute approximate surface area is 157 Å². The number of carboxylic acid groups (broad SMARTS) is 1. The van der Waals surface area contributed by atoms with Crippen molar-refractivity contribution in [2.24, 2.45) is 5.92 Å². The number of amides is 1. The fourth-order valence-electron chi connectivity index (χ4n) is 2.99. The molecule has 0 saturated carbocycles. The zero-order valence-corrected chi connectivity index (χ0v) is 15.1. The highest BCUT2D eigenvalue weighted by atomic mass is 35.5. The lowest BCUT2D eigenvalue weighted by molar-refractivity contribution is -0.138. The number of anilines is 1. The van der Waals surface area contributed by atoms with Crippen LogP contribution in [-0.4, -0.2) is 30.1 Å². The molecule has 1 aliphatic heterocycles. The number of aliphatic carboxylic acids is 1. The first-order chi connectivity index (χ1) is 12.4.